The van der Waals surface area contributed by atoms with Gasteiger partial charge in [-0.05, 0) is 76.5 Å². The average Bonchev–Trinajstić information content (AvgIpc) is 3.59. The SMILES string of the molecule is CCc1cccc(CC)c1-n1c(-c2ccn(C3CC3)n2)nc(O)c(Cc2ccc(Br)c(F)c2)c1=O. The largest absolute Gasteiger partial charge is 0.493 e. The molecule has 1 N–H and O–H groups in total. The van der Waals surface area contributed by atoms with E-state index in [-0.39, 0.29) is 23.4 Å². The van der Waals surface area contributed by atoms with Gasteiger partial charge in [0.05, 0.1) is 21.8 Å². The Kier molecular flexibility index (Phi) is 6.32. The Hall–Kier alpha value is -3.26. The van der Waals surface area contributed by atoms with Crippen LogP contribution in [0, 0.1) is 5.82 Å². The van der Waals surface area contributed by atoms with E-state index in [2.05, 4.69) is 26.0 Å². The second kappa shape index (κ2) is 9.41. The van der Waals surface area contributed by atoms with Gasteiger partial charge in [0, 0.05) is 12.6 Å². The van der Waals surface area contributed by atoms with Gasteiger partial charge >= 0.3 is 0 Å². The van der Waals surface area contributed by atoms with E-state index in [9.17, 15) is 14.3 Å². The lowest BCUT2D eigenvalue weighted by molar-refractivity contribution is 0.443. The zero-order valence-electron chi connectivity index (χ0n) is 19.6. The van der Waals surface area contributed by atoms with E-state index in [4.69, 9.17) is 0 Å². The molecule has 0 saturated heterocycles. The van der Waals surface area contributed by atoms with Crippen LogP contribution in [0.5, 0.6) is 5.88 Å². The third-order valence-electron chi connectivity index (χ3n) is 6.47. The van der Waals surface area contributed by atoms with Crippen molar-refractivity contribution >= 4 is 15.9 Å². The molecule has 0 aliphatic heterocycles. The van der Waals surface area contributed by atoms with E-state index in [1.165, 1.54) is 6.07 Å². The number of nitrogens with zero attached hydrogens (tertiary/aromatic N) is 4. The van der Waals surface area contributed by atoms with Crippen molar-refractivity contribution in [2.75, 3.05) is 0 Å². The molecule has 5 rings (SSSR count). The van der Waals surface area contributed by atoms with Crippen LogP contribution in [0.3, 0.4) is 0 Å². The van der Waals surface area contributed by atoms with Crippen molar-refractivity contribution in [3.63, 3.8) is 0 Å². The number of aryl methyl sites for hydroxylation is 2. The van der Waals surface area contributed by atoms with Crippen LogP contribution in [-0.4, -0.2) is 24.4 Å². The van der Waals surface area contributed by atoms with Crippen LogP contribution >= 0.6 is 15.9 Å². The molecule has 0 unspecified atom stereocenters. The number of benzene rings is 2. The molecule has 0 bridgehead atoms. The molecular weight excluding hydrogens is 511 g/mol. The Balaban J connectivity index is 1.75. The molecule has 0 radical (unpaired) electrons. The van der Waals surface area contributed by atoms with Gasteiger partial charge in [-0.15, -0.1) is 0 Å². The van der Waals surface area contributed by atoms with Gasteiger partial charge in [-0.1, -0.05) is 38.1 Å². The summed E-state index contributed by atoms with van der Waals surface area (Å²) < 4.78 is 18.0. The highest BCUT2D eigenvalue weighted by atomic mass is 79.9. The number of aromatic nitrogens is 4. The molecule has 0 atom stereocenters. The average molecular weight is 537 g/mol. The number of halogens is 2. The number of hydrogen-bond acceptors (Lipinski definition) is 4. The van der Waals surface area contributed by atoms with Gasteiger partial charge in [-0.3, -0.25) is 14.0 Å². The molecule has 2 heterocycles. The lowest BCUT2D eigenvalue weighted by atomic mass is 10.0. The summed E-state index contributed by atoms with van der Waals surface area (Å²) in [6.45, 7) is 4.09. The number of para-hydroxylation sites is 1. The van der Waals surface area contributed by atoms with E-state index in [0.29, 0.717) is 27.6 Å². The summed E-state index contributed by atoms with van der Waals surface area (Å²) in [5.41, 5.74) is 3.60. The Bertz CT molecular complexity index is 1450. The van der Waals surface area contributed by atoms with Crippen LogP contribution in [0.4, 0.5) is 4.39 Å². The minimum Gasteiger partial charge on any atom is -0.493 e. The molecule has 2 aromatic carbocycles. The summed E-state index contributed by atoms with van der Waals surface area (Å²) in [4.78, 5) is 18.6. The monoisotopic (exact) mass is 536 g/mol. The van der Waals surface area contributed by atoms with Crippen molar-refractivity contribution in [3.05, 3.63) is 91.6 Å². The van der Waals surface area contributed by atoms with Crippen molar-refractivity contribution < 1.29 is 9.50 Å². The molecule has 35 heavy (non-hydrogen) atoms. The van der Waals surface area contributed by atoms with Crippen LogP contribution in [-0.2, 0) is 19.3 Å². The number of hydrogen-bond donors (Lipinski definition) is 1. The van der Waals surface area contributed by atoms with E-state index < -0.39 is 5.82 Å². The second-order valence-corrected chi connectivity index (χ2v) is 9.70. The topological polar surface area (TPSA) is 72.9 Å². The number of rotatable bonds is 7. The molecular formula is C27H26BrFN4O2. The molecule has 180 valence electrons. The fourth-order valence-electron chi connectivity index (χ4n) is 4.43. The van der Waals surface area contributed by atoms with Crippen molar-refractivity contribution in [3.8, 4) is 23.1 Å². The molecule has 4 aromatic rings. The van der Waals surface area contributed by atoms with Gasteiger partial charge in [-0.25, -0.2) is 4.39 Å². The lowest BCUT2D eigenvalue weighted by Gasteiger charge is -2.19. The molecule has 0 spiro atoms. The normalized spacial score (nSPS) is 13.4. The van der Waals surface area contributed by atoms with Crippen LogP contribution in [0.1, 0.15) is 55.0 Å². The van der Waals surface area contributed by atoms with Crippen LogP contribution in [0.2, 0.25) is 0 Å². The molecule has 2 aromatic heterocycles. The van der Waals surface area contributed by atoms with Crippen molar-refractivity contribution in [2.24, 2.45) is 0 Å². The van der Waals surface area contributed by atoms with Crippen molar-refractivity contribution in [1.82, 2.24) is 19.3 Å². The third-order valence-corrected chi connectivity index (χ3v) is 7.11. The Morgan fingerprint density at radius 1 is 1.11 bits per heavy atom. The summed E-state index contributed by atoms with van der Waals surface area (Å²) in [6, 6.07) is 12.9. The van der Waals surface area contributed by atoms with E-state index in [1.54, 1.807) is 16.7 Å². The van der Waals surface area contributed by atoms with Crippen LogP contribution in [0.15, 0.2) is 57.9 Å². The summed E-state index contributed by atoms with van der Waals surface area (Å²) in [7, 11) is 0. The zero-order chi connectivity index (χ0) is 24.7. The quantitative estimate of drug-likeness (QED) is 0.326. The van der Waals surface area contributed by atoms with Gasteiger partial charge in [0.1, 0.15) is 11.5 Å². The first-order valence-corrected chi connectivity index (χ1v) is 12.7. The van der Waals surface area contributed by atoms with Gasteiger partial charge in [-0.2, -0.15) is 10.1 Å². The molecule has 8 heteroatoms. The highest BCUT2D eigenvalue weighted by Gasteiger charge is 2.27. The summed E-state index contributed by atoms with van der Waals surface area (Å²) in [5, 5.41) is 15.6. The zero-order valence-corrected chi connectivity index (χ0v) is 21.2. The summed E-state index contributed by atoms with van der Waals surface area (Å²) >= 11 is 3.16. The predicted octanol–water partition coefficient (Wildman–Crippen LogP) is 5.75. The first-order chi connectivity index (χ1) is 16.9. The molecule has 1 saturated carbocycles. The third kappa shape index (κ3) is 4.43. The first kappa shape index (κ1) is 23.5. The Morgan fingerprint density at radius 3 is 2.46 bits per heavy atom. The van der Waals surface area contributed by atoms with Gasteiger partial charge in [0.2, 0.25) is 5.88 Å². The molecule has 1 aliphatic rings. The number of aromatic hydroxyl groups is 1. The van der Waals surface area contributed by atoms with Crippen LogP contribution < -0.4 is 5.56 Å². The fourth-order valence-corrected chi connectivity index (χ4v) is 4.68. The predicted molar refractivity (Wildman–Crippen MR) is 137 cm³/mol. The van der Waals surface area contributed by atoms with E-state index >= 15 is 0 Å². The maximum absolute atomic E-state index is 14.2. The van der Waals surface area contributed by atoms with Crippen LogP contribution in [0.25, 0.3) is 17.2 Å². The van der Waals surface area contributed by atoms with Gasteiger partial charge in [0.15, 0.2) is 5.82 Å². The van der Waals surface area contributed by atoms with Gasteiger partial charge < -0.3 is 5.11 Å². The minimum absolute atomic E-state index is 0.0500. The van der Waals surface area contributed by atoms with E-state index in [0.717, 1.165) is 42.5 Å². The molecule has 6 nitrogen and oxygen atoms in total. The smallest absolute Gasteiger partial charge is 0.265 e. The van der Waals surface area contributed by atoms with E-state index in [1.807, 2.05) is 49.0 Å². The maximum atomic E-state index is 14.2. The summed E-state index contributed by atoms with van der Waals surface area (Å²) in [6.07, 6.45) is 5.54. The Labute approximate surface area is 211 Å². The van der Waals surface area contributed by atoms with Crippen molar-refractivity contribution in [1.29, 1.82) is 0 Å². The van der Waals surface area contributed by atoms with Gasteiger partial charge in [0.25, 0.3) is 5.56 Å². The standard InChI is InChI=1S/C27H26BrFN4O2/c1-3-17-6-5-7-18(4-2)24(17)33-25(23-12-13-32(31-23)19-9-10-19)30-26(34)20(27(33)35)14-16-8-11-21(28)22(29)15-16/h5-8,11-13,15,19,34H,3-4,9-10,14H2,1-2H3. The summed E-state index contributed by atoms with van der Waals surface area (Å²) in [5.74, 6) is -0.493. The molecule has 0 amide bonds. The second-order valence-electron chi connectivity index (χ2n) is 8.85. The molecule has 1 aliphatic carbocycles. The van der Waals surface area contributed by atoms with Crippen molar-refractivity contribution in [2.45, 2.75) is 52.0 Å². The highest BCUT2D eigenvalue weighted by molar-refractivity contribution is 9.10. The maximum Gasteiger partial charge on any atom is 0.265 e. The fraction of sp³-hybridized carbons (Fsp3) is 0.296. The highest BCUT2D eigenvalue weighted by Crippen LogP contribution is 2.35. The minimum atomic E-state index is -0.429. The lowest BCUT2D eigenvalue weighted by Crippen LogP contribution is -2.27. The Morgan fingerprint density at radius 2 is 1.83 bits per heavy atom. The first-order valence-electron chi connectivity index (χ1n) is 11.9. The molecule has 1 fully saturated rings.